The molecule has 0 saturated carbocycles. The van der Waals surface area contributed by atoms with Crippen LogP contribution in [0.4, 0.5) is 5.69 Å². The summed E-state index contributed by atoms with van der Waals surface area (Å²) in [7, 11) is -0.784. The van der Waals surface area contributed by atoms with Crippen LogP contribution in [0.15, 0.2) is 71.9 Å². The van der Waals surface area contributed by atoms with Crippen molar-refractivity contribution in [2.45, 2.75) is 63.2 Å². The number of likely N-dealkylation sites (N-methyl/N-ethyl adjacent to an activating group) is 1. The van der Waals surface area contributed by atoms with Crippen LogP contribution >= 0.6 is 0 Å². The molecule has 48 heavy (non-hydrogen) atoms. The van der Waals surface area contributed by atoms with Gasteiger partial charge in [0.05, 0.1) is 42.4 Å². The predicted octanol–water partition coefficient (Wildman–Crippen LogP) is 4.46. The maximum Gasteiger partial charge on any atom is 0.261 e. The monoisotopic (exact) mass is 682 g/mol. The second-order valence-corrected chi connectivity index (χ2v) is 13.9. The number of carbonyl (C=O) groups excluding carboxylic acids is 2. The van der Waals surface area contributed by atoms with Gasteiger partial charge >= 0.3 is 0 Å². The first-order chi connectivity index (χ1) is 22.9. The summed E-state index contributed by atoms with van der Waals surface area (Å²) in [5, 5.41) is 10.2. The molecule has 1 aliphatic rings. The number of amides is 2. The average Bonchev–Trinajstić information content (AvgIpc) is 3.09. The summed E-state index contributed by atoms with van der Waals surface area (Å²) in [5.41, 5.74) is 0.844. The van der Waals surface area contributed by atoms with E-state index in [9.17, 15) is 23.1 Å². The highest BCUT2D eigenvalue weighted by atomic mass is 32.2. The van der Waals surface area contributed by atoms with Gasteiger partial charge in [-0.2, -0.15) is 0 Å². The van der Waals surface area contributed by atoms with E-state index in [0.29, 0.717) is 30.1 Å². The number of ether oxygens (including phenoxy) is 3. The summed E-state index contributed by atoms with van der Waals surface area (Å²) in [6.45, 7) is 6.24. The first kappa shape index (κ1) is 36.6. The van der Waals surface area contributed by atoms with Crippen molar-refractivity contribution in [2.24, 2.45) is 5.92 Å². The van der Waals surface area contributed by atoms with Crippen LogP contribution in [0.5, 0.6) is 11.5 Å². The second kappa shape index (κ2) is 16.8. The van der Waals surface area contributed by atoms with Crippen molar-refractivity contribution >= 4 is 27.5 Å². The third-order valence-electron chi connectivity index (χ3n) is 8.40. The van der Waals surface area contributed by atoms with Gasteiger partial charge in [-0.15, -0.1) is 0 Å². The normalized spacial score (nSPS) is 20.1. The number of pyridine rings is 1. The summed E-state index contributed by atoms with van der Waals surface area (Å²) >= 11 is 0. The van der Waals surface area contributed by atoms with Gasteiger partial charge in [0.25, 0.3) is 21.8 Å². The van der Waals surface area contributed by atoms with Crippen molar-refractivity contribution in [1.82, 2.24) is 14.8 Å². The number of rotatable bonds is 9. The Kier molecular flexibility index (Phi) is 12.8. The molecule has 2 amide bonds. The van der Waals surface area contributed by atoms with E-state index in [1.54, 1.807) is 72.6 Å². The number of nitrogens with zero attached hydrogens (tertiary/aromatic N) is 3. The van der Waals surface area contributed by atoms with Crippen molar-refractivity contribution in [1.29, 1.82) is 0 Å². The lowest BCUT2D eigenvalue weighted by Gasteiger charge is -2.36. The number of benzene rings is 2. The van der Waals surface area contributed by atoms with Crippen LogP contribution in [0.1, 0.15) is 60.7 Å². The molecule has 13 heteroatoms. The fraction of sp³-hybridized carbons (Fsp3) is 0.457. The summed E-state index contributed by atoms with van der Waals surface area (Å²) in [4.78, 5) is 34.7. The Morgan fingerprint density at radius 3 is 2.50 bits per heavy atom. The van der Waals surface area contributed by atoms with Gasteiger partial charge in [0.15, 0.2) is 0 Å². The Morgan fingerprint density at radius 2 is 1.83 bits per heavy atom. The molecule has 4 atom stereocenters. The molecule has 2 heterocycles. The largest absolute Gasteiger partial charge is 0.497 e. The first-order valence-corrected chi connectivity index (χ1v) is 17.6. The molecule has 0 unspecified atom stereocenters. The zero-order valence-electron chi connectivity index (χ0n) is 28.2. The van der Waals surface area contributed by atoms with Gasteiger partial charge in [0.1, 0.15) is 11.5 Å². The topological polar surface area (TPSA) is 148 Å². The Bertz CT molecular complexity index is 1620. The highest BCUT2D eigenvalue weighted by molar-refractivity contribution is 7.92. The lowest BCUT2D eigenvalue weighted by Crippen LogP contribution is -2.48. The molecule has 4 rings (SSSR count). The molecule has 0 aliphatic carbocycles. The predicted molar refractivity (Wildman–Crippen MR) is 182 cm³/mol. The number of hydrogen-bond acceptors (Lipinski definition) is 9. The zero-order valence-corrected chi connectivity index (χ0v) is 29.0. The van der Waals surface area contributed by atoms with E-state index in [1.165, 1.54) is 25.3 Å². The molecule has 0 spiro atoms. The maximum absolute atomic E-state index is 14.4. The van der Waals surface area contributed by atoms with Gasteiger partial charge in [0.2, 0.25) is 0 Å². The standard InChI is InChI=1S/C35H46N4O8S/c1-24-21-39(25(2)23-40)35(42)31-20-28(37-48(43,44)30-12-10-29(45-5)11-13-30)9-14-32(31)47-26(3)8-6-7-19-46-33(24)22-38(4)34(41)27-15-17-36-18-16-27/h9-18,20,24-26,33,37,40H,6-8,19,21-23H2,1-5H3/t24-,25+,26+,33+/m1/s1. The number of methoxy groups -OCH3 is 1. The van der Waals surface area contributed by atoms with E-state index >= 15 is 0 Å². The molecule has 1 aromatic heterocycles. The minimum atomic E-state index is -3.99. The summed E-state index contributed by atoms with van der Waals surface area (Å²) in [5.74, 6) is -0.0279. The lowest BCUT2D eigenvalue weighted by atomic mass is 10.0. The molecule has 2 N–H and O–H groups in total. The van der Waals surface area contributed by atoms with Crippen molar-refractivity contribution in [3.63, 3.8) is 0 Å². The Hall–Kier alpha value is -4.20. The second-order valence-electron chi connectivity index (χ2n) is 12.2. The summed E-state index contributed by atoms with van der Waals surface area (Å²) < 4.78 is 46.8. The first-order valence-electron chi connectivity index (χ1n) is 16.1. The van der Waals surface area contributed by atoms with Crippen LogP contribution < -0.4 is 14.2 Å². The molecule has 2 aromatic carbocycles. The van der Waals surface area contributed by atoms with Crippen LogP contribution in [0.3, 0.4) is 0 Å². The van der Waals surface area contributed by atoms with Crippen molar-refractivity contribution < 1.29 is 37.3 Å². The van der Waals surface area contributed by atoms with E-state index in [4.69, 9.17) is 14.2 Å². The minimum absolute atomic E-state index is 0.0300. The molecule has 0 saturated heterocycles. The highest BCUT2D eigenvalue weighted by Crippen LogP contribution is 2.30. The molecular weight excluding hydrogens is 636 g/mol. The van der Waals surface area contributed by atoms with Crippen molar-refractivity contribution in [3.8, 4) is 11.5 Å². The Labute approximate surface area is 283 Å². The van der Waals surface area contributed by atoms with Gasteiger partial charge in [-0.1, -0.05) is 6.92 Å². The van der Waals surface area contributed by atoms with Crippen LogP contribution in [0, 0.1) is 5.92 Å². The number of hydrogen-bond donors (Lipinski definition) is 2. The van der Waals surface area contributed by atoms with Gasteiger partial charge in [0, 0.05) is 56.3 Å². The molecule has 260 valence electrons. The molecule has 1 aliphatic heterocycles. The third-order valence-corrected chi connectivity index (χ3v) is 9.80. The Balaban J connectivity index is 1.65. The number of aliphatic hydroxyl groups excluding tert-OH is 1. The van der Waals surface area contributed by atoms with E-state index in [0.717, 1.165) is 12.8 Å². The smallest absolute Gasteiger partial charge is 0.261 e. The molecule has 12 nitrogen and oxygen atoms in total. The van der Waals surface area contributed by atoms with Gasteiger partial charge in [-0.05, 0) is 87.7 Å². The van der Waals surface area contributed by atoms with E-state index in [1.807, 2.05) is 13.8 Å². The van der Waals surface area contributed by atoms with E-state index in [2.05, 4.69) is 9.71 Å². The number of aliphatic hydroxyl groups is 1. The fourth-order valence-corrected chi connectivity index (χ4v) is 6.53. The van der Waals surface area contributed by atoms with E-state index in [-0.39, 0.29) is 53.8 Å². The van der Waals surface area contributed by atoms with Gasteiger partial charge in [-0.3, -0.25) is 19.3 Å². The van der Waals surface area contributed by atoms with Gasteiger partial charge in [-0.25, -0.2) is 8.42 Å². The molecular formula is C35H46N4O8S. The number of anilines is 1. The summed E-state index contributed by atoms with van der Waals surface area (Å²) in [6.07, 6.45) is 4.75. The van der Waals surface area contributed by atoms with Crippen molar-refractivity contribution in [3.05, 3.63) is 78.1 Å². The highest BCUT2D eigenvalue weighted by Gasteiger charge is 2.31. The molecule has 0 fully saturated rings. The van der Waals surface area contributed by atoms with Crippen LogP contribution in [-0.4, -0.2) is 98.8 Å². The fourth-order valence-electron chi connectivity index (χ4n) is 5.49. The SMILES string of the molecule is COc1ccc(S(=O)(=O)Nc2ccc3c(c2)C(=O)N([C@@H](C)CO)C[C@@H](C)[C@H](CN(C)C(=O)c2ccncc2)OCCCC[C@H](C)O3)cc1. The average molecular weight is 683 g/mol. The zero-order chi connectivity index (χ0) is 34.8. The molecule has 3 aromatic rings. The van der Waals surface area contributed by atoms with Gasteiger partial charge < -0.3 is 29.1 Å². The minimum Gasteiger partial charge on any atom is -0.497 e. The number of aromatic nitrogens is 1. The van der Waals surface area contributed by atoms with Crippen molar-refractivity contribution in [2.75, 3.05) is 45.2 Å². The maximum atomic E-state index is 14.4. The number of nitrogens with one attached hydrogen (secondary N) is 1. The lowest BCUT2D eigenvalue weighted by molar-refractivity contribution is -0.0149. The number of sulfonamides is 1. The third kappa shape index (κ3) is 9.45. The number of carbonyl (C=O) groups is 2. The van der Waals surface area contributed by atoms with Crippen LogP contribution in [-0.2, 0) is 14.8 Å². The van der Waals surface area contributed by atoms with Crippen LogP contribution in [0.2, 0.25) is 0 Å². The van der Waals surface area contributed by atoms with E-state index < -0.39 is 28.1 Å². The quantitative estimate of drug-likeness (QED) is 0.334. The van der Waals surface area contributed by atoms with Crippen LogP contribution in [0.25, 0.3) is 0 Å². The number of fused-ring (bicyclic) bond motifs is 1. The molecule has 0 radical (unpaired) electrons. The molecule has 0 bridgehead atoms. The Morgan fingerprint density at radius 1 is 1.12 bits per heavy atom. The summed E-state index contributed by atoms with van der Waals surface area (Å²) in [6, 6.07) is 13.3.